The Labute approximate surface area is 60.6 Å². The van der Waals surface area contributed by atoms with Crippen LogP contribution in [0.15, 0.2) is 22.4 Å². The van der Waals surface area contributed by atoms with Crippen molar-refractivity contribution in [1.29, 1.82) is 0 Å². The summed E-state index contributed by atoms with van der Waals surface area (Å²) in [5.74, 6) is 0. The minimum absolute atomic E-state index is 0.0775. The van der Waals surface area contributed by atoms with Crippen molar-refractivity contribution in [3.8, 4) is 0 Å². The maximum Gasteiger partial charge on any atom is 0.259 e. The summed E-state index contributed by atoms with van der Waals surface area (Å²) in [6, 6.07) is 1.32. The zero-order chi connectivity index (χ0) is 6.97. The van der Waals surface area contributed by atoms with Crippen molar-refractivity contribution in [2.24, 2.45) is 0 Å². The van der Waals surface area contributed by atoms with Gasteiger partial charge in [0.15, 0.2) is 4.96 Å². The van der Waals surface area contributed by atoms with Gasteiger partial charge in [-0.25, -0.2) is 4.98 Å². The van der Waals surface area contributed by atoms with Crippen LogP contribution in [0.4, 0.5) is 0 Å². The van der Waals surface area contributed by atoms with Crippen molar-refractivity contribution >= 4 is 16.3 Å². The lowest BCUT2D eigenvalue weighted by Crippen LogP contribution is -2.09. The predicted molar refractivity (Wildman–Crippen MR) is 38.2 cm³/mol. The zero-order valence-electron chi connectivity index (χ0n) is 4.94. The number of aromatic nitrogens is 2. The van der Waals surface area contributed by atoms with Gasteiger partial charge in [0.1, 0.15) is 0 Å². The van der Waals surface area contributed by atoms with Crippen molar-refractivity contribution in [2.75, 3.05) is 0 Å². The molecule has 0 aliphatic rings. The van der Waals surface area contributed by atoms with Crippen molar-refractivity contribution < 1.29 is 0 Å². The lowest BCUT2D eigenvalue weighted by atomic mass is 10.6. The molecule has 0 spiro atoms. The van der Waals surface area contributed by atoms with Crippen molar-refractivity contribution in [2.45, 2.75) is 0 Å². The van der Waals surface area contributed by atoms with E-state index in [1.807, 2.05) is 5.38 Å². The molecule has 0 saturated heterocycles. The van der Waals surface area contributed by atoms with Crippen LogP contribution in [0.25, 0.3) is 4.96 Å². The molecule has 10 heavy (non-hydrogen) atoms. The van der Waals surface area contributed by atoms with E-state index >= 15 is 0 Å². The second-order valence-corrected chi connectivity index (χ2v) is 2.65. The molecule has 0 N–H and O–H groups in total. The minimum Gasteiger partial charge on any atom is -0.269 e. The van der Waals surface area contributed by atoms with Crippen molar-refractivity contribution in [1.82, 2.24) is 9.38 Å². The Kier molecular flexibility index (Phi) is 1.07. The van der Waals surface area contributed by atoms with E-state index in [9.17, 15) is 4.79 Å². The van der Waals surface area contributed by atoms with E-state index in [4.69, 9.17) is 0 Å². The molecule has 0 aromatic carbocycles. The maximum absolute atomic E-state index is 10.9. The molecule has 0 unspecified atom stereocenters. The minimum atomic E-state index is -0.0775. The Hall–Kier alpha value is -1.16. The fraction of sp³-hybridized carbons (Fsp3) is 0. The quantitative estimate of drug-likeness (QED) is 0.551. The number of hydrogen-bond donors (Lipinski definition) is 0. The van der Waals surface area contributed by atoms with Gasteiger partial charge < -0.3 is 0 Å². The molecule has 3 nitrogen and oxygen atoms in total. The third kappa shape index (κ3) is 0.657. The van der Waals surface area contributed by atoms with Crippen LogP contribution in [0, 0.1) is 6.20 Å². The van der Waals surface area contributed by atoms with Gasteiger partial charge in [-0.2, -0.15) is 0 Å². The van der Waals surface area contributed by atoms with Gasteiger partial charge >= 0.3 is 0 Å². The van der Waals surface area contributed by atoms with E-state index in [1.54, 1.807) is 6.20 Å². The number of nitrogens with zero attached hydrogens (tertiary/aromatic N) is 2. The Morgan fingerprint density at radius 3 is 3.40 bits per heavy atom. The van der Waals surface area contributed by atoms with Gasteiger partial charge in [-0.3, -0.25) is 9.20 Å². The van der Waals surface area contributed by atoms with Gasteiger partial charge in [0.05, 0.1) is 6.20 Å². The van der Waals surface area contributed by atoms with E-state index in [0.29, 0.717) is 4.96 Å². The molecule has 2 heterocycles. The fourth-order valence-corrected chi connectivity index (χ4v) is 1.41. The van der Waals surface area contributed by atoms with Crippen LogP contribution in [0.5, 0.6) is 0 Å². The highest BCUT2D eigenvalue weighted by Gasteiger charge is 1.93. The lowest BCUT2D eigenvalue weighted by Gasteiger charge is -1.84. The molecular weight excluding hydrogens is 148 g/mol. The molecule has 0 aliphatic heterocycles. The lowest BCUT2D eigenvalue weighted by molar-refractivity contribution is 1.07. The van der Waals surface area contributed by atoms with E-state index in [2.05, 4.69) is 11.2 Å². The molecule has 0 atom stereocenters. The van der Waals surface area contributed by atoms with Crippen LogP contribution in [0.2, 0.25) is 0 Å². The number of hydrogen-bond acceptors (Lipinski definition) is 3. The third-order valence-electron chi connectivity index (χ3n) is 1.18. The predicted octanol–water partition coefficient (Wildman–Crippen LogP) is 0.556. The first-order valence-corrected chi connectivity index (χ1v) is 3.59. The summed E-state index contributed by atoms with van der Waals surface area (Å²) in [5, 5.41) is 1.82. The number of fused-ring (bicyclic) bond motifs is 1. The Morgan fingerprint density at radius 1 is 1.70 bits per heavy atom. The first-order valence-electron chi connectivity index (χ1n) is 2.71. The fourth-order valence-electron chi connectivity index (χ4n) is 0.733. The normalized spacial score (nSPS) is 10.4. The SMILES string of the molecule is O=c1c[c]nc2sccn12. The van der Waals surface area contributed by atoms with Gasteiger partial charge in [0.25, 0.3) is 5.56 Å². The molecule has 2 aromatic rings. The zero-order valence-corrected chi connectivity index (χ0v) is 5.76. The third-order valence-corrected chi connectivity index (χ3v) is 1.93. The second kappa shape index (κ2) is 1.91. The highest BCUT2D eigenvalue weighted by atomic mass is 32.1. The van der Waals surface area contributed by atoms with Gasteiger partial charge in [-0.15, -0.1) is 11.3 Å². The highest BCUT2D eigenvalue weighted by Crippen LogP contribution is 2.02. The summed E-state index contributed by atoms with van der Waals surface area (Å²) in [7, 11) is 0. The van der Waals surface area contributed by atoms with Crippen LogP contribution in [-0.2, 0) is 0 Å². The molecule has 0 bridgehead atoms. The van der Waals surface area contributed by atoms with E-state index in [1.165, 1.54) is 21.8 Å². The molecule has 0 saturated carbocycles. The van der Waals surface area contributed by atoms with Crippen LogP contribution in [0.1, 0.15) is 0 Å². The van der Waals surface area contributed by atoms with Gasteiger partial charge in [-0.05, 0) is 0 Å². The molecule has 1 radical (unpaired) electrons. The first-order chi connectivity index (χ1) is 4.88. The highest BCUT2D eigenvalue weighted by molar-refractivity contribution is 7.15. The van der Waals surface area contributed by atoms with E-state index < -0.39 is 0 Å². The second-order valence-electron chi connectivity index (χ2n) is 1.78. The van der Waals surface area contributed by atoms with Gasteiger partial charge in [0, 0.05) is 17.6 Å². The summed E-state index contributed by atoms with van der Waals surface area (Å²) >= 11 is 1.42. The van der Waals surface area contributed by atoms with E-state index in [0.717, 1.165) is 0 Å². The van der Waals surface area contributed by atoms with Crippen molar-refractivity contribution in [3.63, 3.8) is 0 Å². The summed E-state index contributed by atoms with van der Waals surface area (Å²) in [6.45, 7) is 0. The molecule has 2 rings (SSSR count). The largest absolute Gasteiger partial charge is 0.269 e. The maximum atomic E-state index is 10.9. The van der Waals surface area contributed by atoms with Gasteiger partial charge in [-0.1, -0.05) is 0 Å². The average Bonchev–Trinajstić information content (AvgIpc) is 2.36. The Morgan fingerprint density at radius 2 is 2.60 bits per heavy atom. The number of thiazole rings is 1. The van der Waals surface area contributed by atoms with E-state index in [-0.39, 0.29) is 5.56 Å². The van der Waals surface area contributed by atoms with Gasteiger partial charge in [0.2, 0.25) is 0 Å². The van der Waals surface area contributed by atoms with Crippen LogP contribution >= 0.6 is 11.3 Å². The average molecular weight is 151 g/mol. The standard InChI is InChI=1S/C6H3N2OS/c9-5-1-2-7-6-8(5)3-4-10-6/h1,3-4H. The molecule has 49 valence electrons. The Balaban J connectivity index is 3.09. The Bertz CT molecular complexity index is 403. The monoisotopic (exact) mass is 151 g/mol. The molecule has 0 aliphatic carbocycles. The summed E-state index contributed by atoms with van der Waals surface area (Å²) in [5.41, 5.74) is -0.0775. The molecule has 0 amide bonds. The molecule has 0 fully saturated rings. The number of rotatable bonds is 0. The van der Waals surface area contributed by atoms with Crippen molar-refractivity contribution in [3.05, 3.63) is 34.2 Å². The summed E-state index contributed by atoms with van der Waals surface area (Å²) in [6.07, 6.45) is 4.21. The first kappa shape index (κ1) is 5.61. The van der Waals surface area contributed by atoms with Crippen LogP contribution in [-0.4, -0.2) is 9.38 Å². The molecular formula is C6H3N2OS. The topological polar surface area (TPSA) is 34.4 Å². The summed E-state index contributed by atoms with van der Waals surface area (Å²) < 4.78 is 1.49. The molecule has 2 aromatic heterocycles. The summed E-state index contributed by atoms with van der Waals surface area (Å²) in [4.78, 5) is 15.5. The van der Waals surface area contributed by atoms with Crippen LogP contribution < -0.4 is 5.56 Å². The smallest absolute Gasteiger partial charge is 0.259 e. The van der Waals surface area contributed by atoms with Crippen LogP contribution in [0.3, 0.4) is 0 Å². The molecule has 4 heteroatoms.